The largest absolute Gasteiger partial charge is 0.481 e. The zero-order valence-electron chi connectivity index (χ0n) is 21.3. The molecular weight excluding hydrogens is 466 g/mol. The highest BCUT2D eigenvalue weighted by atomic mass is 16.6. The molecule has 3 aromatic rings. The molecule has 0 spiro atoms. The van der Waals surface area contributed by atoms with Crippen LogP contribution in [-0.4, -0.2) is 33.1 Å². The molecule has 0 saturated heterocycles. The molecule has 1 amide bonds. The van der Waals surface area contributed by atoms with Gasteiger partial charge in [-0.05, 0) is 42.9 Å². The summed E-state index contributed by atoms with van der Waals surface area (Å²) in [5.74, 6) is -0.201. The zero-order valence-corrected chi connectivity index (χ0v) is 21.3. The smallest absolute Gasteiger partial charge is 0.413 e. The van der Waals surface area contributed by atoms with Crippen LogP contribution >= 0.6 is 0 Å². The molecule has 190 valence electrons. The van der Waals surface area contributed by atoms with E-state index in [0.29, 0.717) is 18.7 Å². The maximum absolute atomic E-state index is 12.6. The number of carbonyl (C=O) groups excluding carboxylic acids is 1. The summed E-state index contributed by atoms with van der Waals surface area (Å²) < 4.78 is 7.29. The fourth-order valence-corrected chi connectivity index (χ4v) is 4.77. The lowest BCUT2D eigenvalue weighted by atomic mass is 9.79. The number of carbonyl (C=O) groups is 2. The molecule has 2 N–H and O–H groups in total. The summed E-state index contributed by atoms with van der Waals surface area (Å²) >= 11 is 0. The lowest BCUT2D eigenvalue weighted by molar-refractivity contribution is -0.140. The number of hydrogen-bond acceptors (Lipinski definition) is 4. The number of allylic oxidation sites excluding steroid dienone is 3. The Morgan fingerprint density at radius 2 is 1.65 bits per heavy atom. The van der Waals surface area contributed by atoms with Crippen LogP contribution in [0.3, 0.4) is 0 Å². The van der Waals surface area contributed by atoms with Crippen molar-refractivity contribution >= 4 is 17.9 Å². The van der Waals surface area contributed by atoms with Crippen molar-refractivity contribution in [1.82, 2.24) is 9.78 Å². The summed E-state index contributed by atoms with van der Waals surface area (Å²) in [6.07, 6.45) is 9.54. The molecule has 2 aromatic carbocycles. The molecule has 7 nitrogen and oxygen atoms in total. The van der Waals surface area contributed by atoms with E-state index in [9.17, 15) is 14.7 Å². The van der Waals surface area contributed by atoms with Crippen LogP contribution in [0, 0.1) is 5.41 Å². The van der Waals surface area contributed by atoms with Crippen molar-refractivity contribution in [3.8, 4) is 22.4 Å². The zero-order chi connectivity index (χ0) is 26.2. The Morgan fingerprint density at radius 1 is 1.03 bits per heavy atom. The van der Waals surface area contributed by atoms with Gasteiger partial charge >= 0.3 is 12.1 Å². The number of anilines is 1. The summed E-state index contributed by atoms with van der Waals surface area (Å²) in [5.41, 5.74) is 3.64. The first-order valence-electron chi connectivity index (χ1n) is 12.5. The Kier molecular flexibility index (Phi) is 6.23. The topological polar surface area (TPSA) is 93.4 Å². The number of carboxylic acids is 1. The first kappa shape index (κ1) is 24.6. The summed E-state index contributed by atoms with van der Waals surface area (Å²) in [6.45, 7) is 3.98. The standard InChI is InChI=1S/C30H31N3O4/c1-20(29(2)15-5-4-6-16-29)37-28(36)31-26-19-25(32-33(26)3)23-9-7-21(8-10-23)22-11-13-24(14-12-22)30(17-18-30)27(34)35/h4-15,19-20H,16-18H2,1-3H3,(H,31,36)(H,34,35)/t20-,29?/m1/s1. The molecule has 1 unspecified atom stereocenters. The summed E-state index contributed by atoms with van der Waals surface area (Å²) in [4.78, 5) is 24.2. The molecule has 5 rings (SSSR count). The molecular formula is C30H31N3O4. The maximum atomic E-state index is 12.6. The first-order chi connectivity index (χ1) is 17.7. The molecule has 1 aromatic heterocycles. The van der Waals surface area contributed by atoms with Crippen LogP contribution in [0.2, 0.25) is 0 Å². The summed E-state index contributed by atoms with van der Waals surface area (Å²) in [7, 11) is 1.78. The van der Waals surface area contributed by atoms with Crippen LogP contribution < -0.4 is 5.32 Å². The molecule has 0 radical (unpaired) electrons. The van der Waals surface area contributed by atoms with Crippen LogP contribution in [-0.2, 0) is 22.0 Å². The van der Waals surface area contributed by atoms with E-state index >= 15 is 0 Å². The lowest BCUT2D eigenvalue weighted by Gasteiger charge is -2.32. The van der Waals surface area contributed by atoms with Gasteiger partial charge in [0.15, 0.2) is 0 Å². The van der Waals surface area contributed by atoms with Gasteiger partial charge in [-0.1, -0.05) is 79.8 Å². The molecule has 7 heteroatoms. The van der Waals surface area contributed by atoms with E-state index < -0.39 is 17.5 Å². The molecule has 1 saturated carbocycles. The predicted molar refractivity (Wildman–Crippen MR) is 143 cm³/mol. The Bertz CT molecular complexity index is 1380. The van der Waals surface area contributed by atoms with Crippen LogP contribution in [0.1, 0.15) is 38.7 Å². The molecule has 1 heterocycles. The minimum atomic E-state index is -0.746. The van der Waals surface area contributed by atoms with Crippen molar-refractivity contribution in [3.05, 3.63) is 84.5 Å². The van der Waals surface area contributed by atoms with E-state index in [2.05, 4.69) is 29.5 Å². The number of aromatic nitrogens is 2. The van der Waals surface area contributed by atoms with Gasteiger partial charge < -0.3 is 9.84 Å². The molecule has 37 heavy (non-hydrogen) atoms. The van der Waals surface area contributed by atoms with E-state index in [1.54, 1.807) is 11.7 Å². The number of hydrogen-bond donors (Lipinski definition) is 2. The van der Waals surface area contributed by atoms with Crippen LogP contribution in [0.4, 0.5) is 10.6 Å². The Labute approximate surface area is 216 Å². The quantitative estimate of drug-likeness (QED) is 0.398. The summed E-state index contributed by atoms with van der Waals surface area (Å²) in [5, 5.41) is 16.9. The van der Waals surface area contributed by atoms with Crippen molar-refractivity contribution in [2.24, 2.45) is 12.5 Å². The van der Waals surface area contributed by atoms with Gasteiger partial charge in [-0.3, -0.25) is 14.8 Å². The molecule has 2 atom stereocenters. The van der Waals surface area contributed by atoms with Crippen molar-refractivity contribution in [2.75, 3.05) is 5.32 Å². The van der Waals surface area contributed by atoms with Gasteiger partial charge in [-0.15, -0.1) is 0 Å². The Hall–Kier alpha value is -4.13. The van der Waals surface area contributed by atoms with Gasteiger partial charge in [0.2, 0.25) is 0 Å². The third-order valence-corrected chi connectivity index (χ3v) is 7.72. The Balaban J connectivity index is 1.24. The van der Waals surface area contributed by atoms with E-state index in [1.165, 1.54) is 0 Å². The first-order valence-corrected chi connectivity index (χ1v) is 12.5. The third kappa shape index (κ3) is 4.81. The number of aliphatic carboxylic acids is 1. The number of aryl methyl sites for hydroxylation is 1. The van der Waals surface area contributed by atoms with Crippen molar-refractivity contribution in [3.63, 3.8) is 0 Å². The number of nitrogens with one attached hydrogen (secondary N) is 1. The van der Waals surface area contributed by atoms with E-state index in [0.717, 1.165) is 34.4 Å². The molecule has 1 fully saturated rings. The van der Waals surface area contributed by atoms with Crippen LogP contribution in [0.15, 0.2) is 78.9 Å². The minimum Gasteiger partial charge on any atom is -0.481 e. The van der Waals surface area contributed by atoms with Crippen LogP contribution in [0.25, 0.3) is 22.4 Å². The van der Waals surface area contributed by atoms with Crippen molar-refractivity contribution < 1.29 is 19.4 Å². The monoisotopic (exact) mass is 497 g/mol. The van der Waals surface area contributed by atoms with Gasteiger partial charge in [-0.2, -0.15) is 5.10 Å². The number of ether oxygens (including phenoxy) is 1. The number of amides is 1. The SMILES string of the molecule is C[C@@H](OC(=O)Nc1cc(-c2ccc(-c3ccc(C4(C(=O)O)CC4)cc3)cc2)nn1C)C1(C)C=CC=CC1. The second kappa shape index (κ2) is 9.39. The van der Waals surface area contributed by atoms with E-state index in [-0.39, 0.29) is 11.5 Å². The summed E-state index contributed by atoms with van der Waals surface area (Å²) in [6, 6.07) is 17.6. The van der Waals surface area contributed by atoms with Gasteiger partial charge in [0, 0.05) is 24.1 Å². The highest BCUT2D eigenvalue weighted by molar-refractivity contribution is 5.86. The van der Waals surface area contributed by atoms with Gasteiger partial charge in [-0.25, -0.2) is 4.79 Å². The maximum Gasteiger partial charge on any atom is 0.413 e. The number of carboxylic acid groups (broad SMARTS) is 1. The van der Waals surface area contributed by atoms with Gasteiger partial charge in [0.1, 0.15) is 11.9 Å². The average Bonchev–Trinajstić information content (AvgIpc) is 3.63. The normalized spacial score (nSPS) is 20.3. The number of nitrogens with zero attached hydrogens (tertiary/aromatic N) is 2. The molecule has 0 bridgehead atoms. The van der Waals surface area contributed by atoms with Gasteiger partial charge in [0.25, 0.3) is 0 Å². The van der Waals surface area contributed by atoms with Gasteiger partial charge in [0.05, 0.1) is 11.1 Å². The average molecular weight is 498 g/mol. The number of rotatable bonds is 7. The number of benzene rings is 2. The molecule has 0 aliphatic heterocycles. The minimum absolute atomic E-state index is 0.235. The fraction of sp³-hybridized carbons (Fsp3) is 0.300. The predicted octanol–water partition coefficient (Wildman–Crippen LogP) is 6.33. The second-order valence-electron chi connectivity index (χ2n) is 10.3. The second-order valence-corrected chi connectivity index (χ2v) is 10.3. The van der Waals surface area contributed by atoms with E-state index in [4.69, 9.17) is 4.74 Å². The van der Waals surface area contributed by atoms with Crippen LogP contribution in [0.5, 0.6) is 0 Å². The van der Waals surface area contributed by atoms with Crippen molar-refractivity contribution in [1.29, 1.82) is 0 Å². The molecule has 2 aliphatic carbocycles. The fourth-order valence-electron chi connectivity index (χ4n) is 4.77. The highest BCUT2D eigenvalue weighted by Crippen LogP contribution is 2.48. The van der Waals surface area contributed by atoms with E-state index in [1.807, 2.05) is 73.7 Å². The molecule has 2 aliphatic rings. The van der Waals surface area contributed by atoms with Crippen molar-refractivity contribution in [2.45, 2.75) is 44.6 Å². The third-order valence-electron chi connectivity index (χ3n) is 7.72. The highest BCUT2D eigenvalue weighted by Gasteiger charge is 2.51. The lowest BCUT2D eigenvalue weighted by Crippen LogP contribution is -2.34. The Morgan fingerprint density at radius 3 is 2.22 bits per heavy atom.